The number of fused-ring (bicyclic) bond motifs is 7. The van der Waals surface area contributed by atoms with Crippen LogP contribution in [-0.2, 0) is 5.75 Å². The van der Waals surface area contributed by atoms with Crippen LogP contribution in [0.5, 0.6) is 11.5 Å². The number of alkyl halides is 2. The van der Waals surface area contributed by atoms with Gasteiger partial charge in [-0.1, -0.05) is 36.4 Å². The molecule has 2 bridgehead atoms. The fourth-order valence-corrected chi connectivity index (χ4v) is 6.14. The van der Waals surface area contributed by atoms with E-state index in [4.69, 9.17) is 4.74 Å². The summed E-state index contributed by atoms with van der Waals surface area (Å²) in [5.41, 5.74) is 1.64. The molecular weight excluding hydrogens is 488 g/mol. The van der Waals surface area contributed by atoms with Crippen molar-refractivity contribution in [1.29, 1.82) is 0 Å². The predicted octanol–water partition coefficient (Wildman–Crippen LogP) is 3.88. The quantitative estimate of drug-likeness (QED) is 0.502. The summed E-state index contributed by atoms with van der Waals surface area (Å²) in [5.74, 6) is -0.356. The number of pyridine rings is 1. The minimum Gasteiger partial charge on any atom is -0.502 e. The topological polar surface area (TPSA) is 75.0 Å². The molecule has 3 aliphatic rings. The molecule has 0 spiro atoms. The van der Waals surface area contributed by atoms with Crippen molar-refractivity contribution >= 4 is 17.7 Å². The number of nitrogens with zero attached hydrogens (tertiary/aromatic N) is 3. The molecule has 6 rings (SSSR count). The third kappa shape index (κ3) is 3.47. The van der Waals surface area contributed by atoms with Gasteiger partial charge >= 0.3 is 0 Å². The van der Waals surface area contributed by atoms with Gasteiger partial charge in [0.05, 0.1) is 0 Å². The average Bonchev–Trinajstić information content (AvgIpc) is 3.05. The zero-order valence-corrected chi connectivity index (χ0v) is 19.7. The molecule has 2 aromatic carbocycles. The maximum Gasteiger partial charge on any atom is 0.278 e. The van der Waals surface area contributed by atoms with Gasteiger partial charge in [-0.2, -0.15) is 0 Å². The molecule has 1 N–H and O–H groups in total. The third-order valence-corrected chi connectivity index (χ3v) is 7.84. The molecule has 0 unspecified atom stereocenters. The standard InChI is InChI=1S/C26H21F2N3O4S/c27-25(28)17-7-4-12-35-19-8-3-5-15-13-36-20-9-2-1-6-16(20)22(21(15)19)31-14-29(17)26(34)23-24(33)18(32)10-11-30(23)31/h1-11,17,22,25,33H,12-14H2/b7-4-/t17-,22-/m0/s1. The first-order valence-electron chi connectivity index (χ1n) is 11.4. The van der Waals surface area contributed by atoms with Crippen LogP contribution in [0.4, 0.5) is 8.78 Å². The summed E-state index contributed by atoms with van der Waals surface area (Å²) in [6.07, 6.45) is 1.23. The number of halogens is 2. The Morgan fingerprint density at radius 2 is 1.92 bits per heavy atom. The highest BCUT2D eigenvalue weighted by Gasteiger charge is 2.43. The van der Waals surface area contributed by atoms with Gasteiger partial charge in [0.2, 0.25) is 5.43 Å². The maximum atomic E-state index is 14.3. The number of amides is 1. The molecule has 3 aliphatic heterocycles. The molecule has 3 aromatic rings. The summed E-state index contributed by atoms with van der Waals surface area (Å²) < 4.78 is 36.0. The summed E-state index contributed by atoms with van der Waals surface area (Å²) >= 11 is 1.65. The third-order valence-electron chi connectivity index (χ3n) is 6.70. The van der Waals surface area contributed by atoms with E-state index in [9.17, 15) is 23.5 Å². The first-order valence-corrected chi connectivity index (χ1v) is 12.4. The molecule has 1 aromatic heterocycles. The monoisotopic (exact) mass is 509 g/mol. The predicted molar refractivity (Wildman–Crippen MR) is 130 cm³/mol. The van der Waals surface area contributed by atoms with Crippen molar-refractivity contribution in [1.82, 2.24) is 9.58 Å². The van der Waals surface area contributed by atoms with Gasteiger partial charge in [-0.15, -0.1) is 11.8 Å². The van der Waals surface area contributed by atoms with Gasteiger partial charge in [0, 0.05) is 28.5 Å². The molecular formula is C26H21F2N3O4S. The van der Waals surface area contributed by atoms with Crippen LogP contribution in [0, 0.1) is 0 Å². The molecule has 0 aliphatic carbocycles. The van der Waals surface area contributed by atoms with Crippen molar-refractivity contribution in [2.75, 3.05) is 18.3 Å². The molecule has 2 atom stereocenters. The normalized spacial score (nSPS) is 21.5. The Labute approximate surface area is 209 Å². The molecule has 36 heavy (non-hydrogen) atoms. The molecule has 1 amide bonds. The van der Waals surface area contributed by atoms with E-state index in [-0.39, 0.29) is 19.0 Å². The van der Waals surface area contributed by atoms with Gasteiger partial charge in [0.1, 0.15) is 31.1 Å². The van der Waals surface area contributed by atoms with Crippen LogP contribution in [0.3, 0.4) is 0 Å². The van der Waals surface area contributed by atoms with Gasteiger partial charge in [-0.05, 0) is 29.3 Å². The van der Waals surface area contributed by atoms with E-state index in [1.807, 2.05) is 42.5 Å². The molecule has 4 heterocycles. The second-order valence-corrected chi connectivity index (χ2v) is 9.72. The van der Waals surface area contributed by atoms with E-state index < -0.39 is 35.6 Å². The minimum atomic E-state index is -2.90. The Bertz CT molecular complexity index is 1460. The summed E-state index contributed by atoms with van der Waals surface area (Å²) in [6, 6.07) is 12.6. The second kappa shape index (κ2) is 8.70. The Balaban J connectivity index is 1.69. The average molecular weight is 510 g/mol. The molecule has 184 valence electrons. The summed E-state index contributed by atoms with van der Waals surface area (Å²) in [5, 5.41) is 12.4. The van der Waals surface area contributed by atoms with Crippen molar-refractivity contribution in [3.8, 4) is 11.5 Å². The van der Waals surface area contributed by atoms with Gasteiger partial charge in [0.15, 0.2) is 11.4 Å². The number of aromatic hydroxyl groups is 1. The highest BCUT2D eigenvalue weighted by atomic mass is 32.2. The van der Waals surface area contributed by atoms with Crippen molar-refractivity contribution in [3.63, 3.8) is 0 Å². The van der Waals surface area contributed by atoms with Crippen LogP contribution in [0.1, 0.15) is 33.2 Å². The van der Waals surface area contributed by atoms with E-state index in [0.29, 0.717) is 11.5 Å². The summed E-state index contributed by atoms with van der Waals surface area (Å²) in [7, 11) is 0. The number of hydrogen-bond donors (Lipinski definition) is 1. The molecule has 0 fully saturated rings. The first kappa shape index (κ1) is 22.7. The van der Waals surface area contributed by atoms with E-state index in [0.717, 1.165) is 32.6 Å². The van der Waals surface area contributed by atoms with Crippen molar-refractivity contribution in [2.24, 2.45) is 0 Å². The lowest BCUT2D eigenvalue weighted by molar-refractivity contribution is 0.0277. The second-order valence-electron chi connectivity index (χ2n) is 8.70. The largest absolute Gasteiger partial charge is 0.502 e. The highest BCUT2D eigenvalue weighted by molar-refractivity contribution is 7.98. The summed E-state index contributed by atoms with van der Waals surface area (Å²) in [6.45, 7) is -0.163. The minimum absolute atomic E-state index is 0.0409. The highest BCUT2D eigenvalue weighted by Crippen LogP contribution is 2.46. The van der Waals surface area contributed by atoms with E-state index in [1.54, 1.807) is 16.8 Å². The van der Waals surface area contributed by atoms with E-state index >= 15 is 0 Å². The lowest BCUT2D eigenvalue weighted by Crippen LogP contribution is -2.59. The number of ether oxygens (including phenoxy) is 1. The number of aromatic nitrogens is 1. The smallest absolute Gasteiger partial charge is 0.278 e. The van der Waals surface area contributed by atoms with Gasteiger partial charge in [-0.3, -0.25) is 19.3 Å². The zero-order valence-electron chi connectivity index (χ0n) is 18.9. The van der Waals surface area contributed by atoms with E-state index in [2.05, 4.69) is 0 Å². The number of benzene rings is 2. The molecule has 0 saturated carbocycles. The fraction of sp³-hybridized carbons (Fsp3) is 0.231. The SMILES string of the molecule is O=C1c2c(O)c(=O)ccn2N2CN1[C@H](C(F)F)/C=C\COc1cccc3c1[C@@H]2c1ccccc1SC3. The van der Waals surface area contributed by atoms with Crippen LogP contribution in [0.15, 0.2) is 76.6 Å². The van der Waals surface area contributed by atoms with Crippen LogP contribution in [0.2, 0.25) is 0 Å². The van der Waals surface area contributed by atoms with Crippen molar-refractivity contribution in [2.45, 2.75) is 29.2 Å². The lowest BCUT2D eigenvalue weighted by Gasteiger charge is -2.45. The van der Waals surface area contributed by atoms with Crippen molar-refractivity contribution in [3.05, 3.63) is 99.5 Å². The van der Waals surface area contributed by atoms with Gasteiger partial charge in [0.25, 0.3) is 12.3 Å². The fourth-order valence-electron chi connectivity index (χ4n) is 5.06. The molecule has 7 nitrogen and oxygen atoms in total. The van der Waals surface area contributed by atoms with Gasteiger partial charge in [-0.25, -0.2) is 8.78 Å². The number of carbonyl (C=O) groups excluding carboxylic acids is 1. The van der Waals surface area contributed by atoms with Crippen molar-refractivity contribution < 1.29 is 23.4 Å². The van der Waals surface area contributed by atoms with Crippen LogP contribution >= 0.6 is 11.8 Å². The first-order chi connectivity index (χ1) is 17.5. The summed E-state index contributed by atoms with van der Waals surface area (Å²) in [4.78, 5) is 27.8. The Morgan fingerprint density at radius 3 is 2.75 bits per heavy atom. The molecule has 0 saturated heterocycles. The van der Waals surface area contributed by atoms with E-state index in [1.165, 1.54) is 23.0 Å². The lowest BCUT2D eigenvalue weighted by atomic mass is 9.93. The number of hydrogen-bond acceptors (Lipinski definition) is 6. The number of carbonyl (C=O) groups is 1. The molecule has 10 heteroatoms. The van der Waals surface area contributed by atoms with Crippen LogP contribution < -0.4 is 15.2 Å². The van der Waals surface area contributed by atoms with Gasteiger partial charge < -0.3 is 14.7 Å². The number of thioether (sulfide) groups is 1. The Morgan fingerprint density at radius 1 is 1.08 bits per heavy atom. The Hall–Kier alpha value is -3.79. The van der Waals surface area contributed by atoms with Crippen LogP contribution in [0.25, 0.3) is 0 Å². The maximum absolute atomic E-state index is 14.3. The zero-order chi connectivity index (χ0) is 25.0. The number of rotatable bonds is 1. The Kier molecular flexibility index (Phi) is 5.48. The molecule has 0 radical (unpaired) electrons. The van der Waals surface area contributed by atoms with Crippen LogP contribution in [-0.4, -0.2) is 46.3 Å².